The van der Waals surface area contributed by atoms with Crippen LogP contribution in [0.5, 0.6) is 5.75 Å². The van der Waals surface area contributed by atoms with Crippen LogP contribution in [0.2, 0.25) is 0 Å². The van der Waals surface area contributed by atoms with Gasteiger partial charge in [-0.05, 0) is 37.0 Å². The quantitative estimate of drug-likeness (QED) is 0.809. The van der Waals surface area contributed by atoms with Crippen LogP contribution in [0.25, 0.3) is 0 Å². The topological polar surface area (TPSA) is 41.5 Å². The van der Waals surface area contributed by atoms with Crippen molar-refractivity contribution < 1.29 is 9.84 Å². The van der Waals surface area contributed by atoms with Crippen LogP contribution in [0.4, 0.5) is 0 Å². The molecule has 1 heterocycles. The molecule has 1 atom stereocenters. The summed E-state index contributed by atoms with van der Waals surface area (Å²) in [6.07, 6.45) is 2.22. The van der Waals surface area contributed by atoms with Crippen molar-refractivity contribution in [3.05, 3.63) is 29.3 Å². The third-order valence-corrected chi connectivity index (χ3v) is 2.90. The van der Waals surface area contributed by atoms with E-state index in [1.54, 1.807) is 0 Å². The van der Waals surface area contributed by atoms with Crippen molar-refractivity contribution in [1.29, 1.82) is 0 Å². The molecule has 16 heavy (non-hydrogen) atoms. The Morgan fingerprint density at radius 1 is 1.50 bits per heavy atom. The maximum Gasteiger partial charge on any atom is 0.122 e. The van der Waals surface area contributed by atoms with Gasteiger partial charge in [-0.3, -0.25) is 0 Å². The molecule has 1 aliphatic rings. The van der Waals surface area contributed by atoms with Crippen LogP contribution in [0.15, 0.2) is 18.2 Å². The minimum atomic E-state index is 0.146. The Balaban J connectivity index is 2.00. The summed E-state index contributed by atoms with van der Waals surface area (Å²) >= 11 is 0. The van der Waals surface area contributed by atoms with Crippen LogP contribution < -0.4 is 10.1 Å². The molecule has 0 saturated heterocycles. The summed E-state index contributed by atoms with van der Waals surface area (Å²) in [6.45, 7) is 3.79. The summed E-state index contributed by atoms with van der Waals surface area (Å²) in [6, 6.07) is 6.48. The number of aryl methyl sites for hydroxylation is 1. The Morgan fingerprint density at radius 2 is 2.38 bits per heavy atom. The smallest absolute Gasteiger partial charge is 0.122 e. The van der Waals surface area contributed by atoms with Crippen molar-refractivity contribution in [2.24, 2.45) is 0 Å². The van der Waals surface area contributed by atoms with Gasteiger partial charge in [0.15, 0.2) is 0 Å². The summed E-state index contributed by atoms with van der Waals surface area (Å²) in [5.41, 5.74) is 2.56. The third kappa shape index (κ3) is 2.74. The lowest BCUT2D eigenvalue weighted by Gasteiger charge is -2.18. The summed E-state index contributed by atoms with van der Waals surface area (Å²) in [4.78, 5) is 0. The number of aliphatic hydroxyl groups is 1. The first-order chi connectivity index (χ1) is 7.79. The lowest BCUT2D eigenvalue weighted by Crippen LogP contribution is -2.28. The van der Waals surface area contributed by atoms with Crippen molar-refractivity contribution in [3.63, 3.8) is 0 Å². The summed E-state index contributed by atoms with van der Waals surface area (Å²) in [5, 5.41) is 12.2. The van der Waals surface area contributed by atoms with Crippen molar-refractivity contribution in [1.82, 2.24) is 5.32 Å². The van der Waals surface area contributed by atoms with E-state index in [0.717, 1.165) is 31.7 Å². The van der Waals surface area contributed by atoms with Gasteiger partial charge < -0.3 is 15.2 Å². The lowest BCUT2D eigenvalue weighted by atomic mass is 10.0. The molecule has 0 radical (unpaired) electrons. The number of nitrogens with one attached hydrogen (secondary N) is 1. The Hall–Kier alpha value is -1.06. The average Bonchev–Trinajstić information content (AvgIpc) is 2.35. The molecule has 0 saturated carbocycles. The number of hydrogen-bond acceptors (Lipinski definition) is 3. The number of fused-ring (bicyclic) bond motifs is 1. The maximum atomic E-state index is 8.92. The molecule has 3 nitrogen and oxygen atoms in total. The van der Waals surface area contributed by atoms with Crippen molar-refractivity contribution in [3.8, 4) is 5.75 Å². The predicted octanol–water partition coefficient (Wildman–Crippen LogP) is 1.48. The Bertz CT molecular complexity index is 352. The zero-order valence-corrected chi connectivity index (χ0v) is 9.70. The van der Waals surface area contributed by atoms with Crippen LogP contribution in [-0.2, 0) is 13.0 Å². The normalized spacial score (nSPS) is 16.4. The SMILES string of the molecule is CC(CO)NCc1ccc2c(c1)CCCO2. The number of benzene rings is 1. The number of aliphatic hydroxyl groups excluding tert-OH is 1. The van der Waals surface area contributed by atoms with E-state index >= 15 is 0 Å². The average molecular weight is 221 g/mol. The predicted molar refractivity (Wildman–Crippen MR) is 63.6 cm³/mol. The number of ether oxygens (including phenoxy) is 1. The van der Waals surface area contributed by atoms with Crippen LogP contribution in [-0.4, -0.2) is 24.4 Å². The van der Waals surface area contributed by atoms with Crippen LogP contribution in [0.3, 0.4) is 0 Å². The molecule has 1 aromatic carbocycles. The molecule has 0 aliphatic carbocycles. The summed E-state index contributed by atoms with van der Waals surface area (Å²) < 4.78 is 5.56. The van der Waals surface area contributed by atoms with Gasteiger partial charge in [0.1, 0.15) is 5.75 Å². The number of hydrogen-bond donors (Lipinski definition) is 2. The van der Waals surface area contributed by atoms with Gasteiger partial charge in [-0.2, -0.15) is 0 Å². The minimum absolute atomic E-state index is 0.146. The zero-order chi connectivity index (χ0) is 11.4. The molecule has 0 aromatic heterocycles. The van der Waals surface area contributed by atoms with E-state index < -0.39 is 0 Å². The molecular weight excluding hydrogens is 202 g/mol. The lowest BCUT2D eigenvalue weighted by molar-refractivity contribution is 0.251. The second-order valence-electron chi connectivity index (χ2n) is 4.36. The highest BCUT2D eigenvalue weighted by molar-refractivity contribution is 5.38. The Kier molecular flexibility index (Phi) is 3.80. The molecule has 3 heteroatoms. The molecular formula is C13H19NO2. The van der Waals surface area contributed by atoms with E-state index in [1.807, 2.05) is 6.92 Å². The van der Waals surface area contributed by atoms with E-state index in [2.05, 4.69) is 23.5 Å². The van der Waals surface area contributed by atoms with Gasteiger partial charge in [0, 0.05) is 12.6 Å². The zero-order valence-electron chi connectivity index (χ0n) is 9.70. The van der Waals surface area contributed by atoms with Gasteiger partial charge in [-0.15, -0.1) is 0 Å². The fourth-order valence-electron chi connectivity index (χ4n) is 1.88. The fraction of sp³-hybridized carbons (Fsp3) is 0.538. The van der Waals surface area contributed by atoms with Gasteiger partial charge in [0.05, 0.1) is 13.2 Å². The van der Waals surface area contributed by atoms with E-state index in [-0.39, 0.29) is 12.6 Å². The first kappa shape index (κ1) is 11.4. The fourth-order valence-corrected chi connectivity index (χ4v) is 1.88. The first-order valence-electron chi connectivity index (χ1n) is 5.88. The summed E-state index contributed by atoms with van der Waals surface area (Å²) in [5.74, 6) is 1.03. The molecule has 1 aromatic rings. The second-order valence-corrected chi connectivity index (χ2v) is 4.36. The van der Waals surface area contributed by atoms with Gasteiger partial charge in [0.2, 0.25) is 0 Å². The Morgan fingerprint density at radius 3 is 3.19 bits per heavy atom. The second kappa shape index (κ2) is 5.32. The molecule has 0 bridgehead atoms. The molecule has 1 unspecified atom stereocenters. The first-order valence-corrected chi connectivity index (χ1v) is 5.88. The molecule has 2 rings (SSSR count). The molecule has 0 fully saturated rings. The highest BCUT2D eigenvalue weighted by Crippen LogP contribution is 2.25. The van der Waals surface area contributed by atoms with E-state index in [4.69, 9.17) is 9.84 Å². The third-order valence-electron chi connectivity index (χ3n) is 2.90. The van der Waals surface area contributed by atoms with Crippen molar-refractivity contribution in [2.45, 2.75) is 32.4 Å². The largest absolute Gasteiger partial charge is 0.493 e. The van der Waals surface area contributed by atoms with Gasteiger partial charge in [-0.25, -0.2) is 0 Å². The molecule has 0 amide bonds. The van der Waals surface area contributed by atoms with Gasteiger partial charge in [-0.1, -0.05) is 12.1 Å². The Labute approximate surface area is 96.4 Å². The van der Waals surface area contributed by atoms with Gasteiger partial charge in [0.25, 0.3) is 0 Å². The monoisotopic (exact) mass is 221 g/mol. The molecule has 0 spiro atoms. The van der Waals surface area contributed by atoms with Crippen LogP contribution in [0, 0.1) is 0 Å². The summed E-state index contributed by atoms with van der Waals surface area (Å²) in [7, 11) is 0. The number of rotatable bonds is 4. The minimum Gasteiger partial charge on any atom is -0.493 e. The molecule has 2 N–H and O–H groups in total. The standard InChI is InChI=1S/C13H19NO2/c1-10(9-15)14-8-11-4-5-13-12(7-11)3-2-6-16-13/h4-5,7,10,14-15H,2-3,6,8-9H2,1H3. The van der Waals surface area contributed by atoms with E-state index in [9.17, 15) is 0 Å². The van der Waals surface area contributed by atoms with Gasteiger partial charge >= 0.3 is 0 Å². The highest BCUT2D eigenvalue weighted by Gasteiger charge is 2.10. The van der Waals surface area contributed by atoms with Crippen molar-refractivity contribution >= 4 is 0 Å². The van der Waals surface area contributed by atoms with Crippen LogP contribution in [0.1, 0.15) is 24.5 Å². The van der Waals surface area contributed by atoms with Crippen molar-refractivity contribution in [2.75, 3.05) is 13.2 Å². The highest BCUT2D eigenvalue weighted by atomic mass is 16.5. The van der Waals surface area contributed by atoms with E-state index in [1.165, 1.54) is 11.1 Å². The maximum absolute atomic E-state index is 8.92. The van der Waals surface area contributed by atoms with E-state index in [0.29, 0.717) is 0 Å². The molecule has 88 valence electrons. The molecule has 1 aliphatic heterocycles. The van der Waals surface area contributed by atoms with Crippen LogP contribution >= 0.6 is 0 Å².